The third kappa shape index (κ3) is 4.92. The molecule has 1 N–H and O–H groups in total. The molecule has 2 aromatic carbocycles. The molecular weight excluding hydrogens is 393 g/mol. The Hall–Kier alpha value is -2.93. The van der Waals surface area contributed by atoms with Crippen molar-refractivity contribution in [1.29, 1.82) is 0 Å². The second-order valence-corrected chi connectivity index (χ2v) is 7.56. The van der Waals surface area contributed by atoms with E-state index in [2.05, 4.69) is 20.2 Å². The molecule has 29 heavy (non-hydrogen) atoms. The zero-order chi connectivity index (χ0) is 20.2. The summed E-state index contributed by atoms with van der Waals surface area (Å²) < 4.78 is 14.6. The lowest BCUT2D eigenvalue weighted by Crippen LogP contribution is -2.42. The minimum Gasteiger partial charge on any atom is -0.369 e. The molecule has 0 saturated carbocycles. The van der Waals surface area contributed by atoms with Gasteiger partial charge >= 0.3 is 5.69 Å². The lowest BCUT2D eigenvalue weighted by molar-refractivity contribution is 0.525. The van der Waals surface area contributed by atoms with Crippen LogP contribution in [0, 0.1) is 5.82 Å². The van der Waals surface area contributed by atoms with Gasteiger partial charge in [0.1, 0.15) is 12.1 Å². The predicted octanol–water partition coefficient (Wildman–Crippen LogP) is 3.56. The Balaban J connectivity index is 1.41. The molecule has 0 radical (unpaired) electrons. The number of nitrogens with one attached hydrogen (secondary N) is 1. The van der Waals surface area contributed by atoms with Crippen molar-refractivity contribution in [2.24, 2.45) is 0 Å². The molecule has 0 spiro atoms. The average Bonchev–Trinajstić information content (AvgIpc) is 2.72. The Labute approximate surface area is 173 Å². The molecule has 1 aromatic heterocycles. The Morgan fingerprint density at radius 1 is 1.14 bits per heavy atom. The van der Waals surface area contributed by atoms with Crippen molar-refractivity contribution in [3.8, 4) is 0 Å². The van der Waals surface area contributed by atoms with Gasteiger partial charge in [-0.2, -0.15) is 4.98 Å². The van der Waals surface area contributed by atoms with Gasteiger partial charge in [0.05, 0.1) is 6.54 Å². The van der Waals surface area contributed by atoms with Gasteiger partial charge in [-0.05, 0) is 54.8 Å². The van der Waals surface area contributed by atoms with E-state index >= 15 is 0 Å². The van der Waals surface area contributed by atoms with Gasteiger partial charge in [-0.25, -0.2) is 14.2 Å². The molecule has 1 atom stereocenters. The molecular formula is C21H21ClFN5O. The standard InChI is InChI=1S/C21H21ClFN5O/c22-16-5-3-15(4-6-16)12-28-14-24-20(26-21(28)29)25-18-2-1-11-27(13-18)19-9-7-17(23)8-10-19/h3-10,14,18H,1-2,11-13H2,(H,25,26,29). The van der Waals surface area contributed by atoms with Crippen LogP contribution >= 0.6 is 11.6 Å². The molecule has 4 rings (SSSR count). The van der Waals surface area contributed by atoms with E-state index in [1.165, 1.54) is 23.0 Å². The monoisotopic (exact) mass is 413 g/mol. The number of benzene rings is 2. The summed E-state index contributed by atoms with van der Waals surface area (Å²) in [6, 6.07) is 13.9. The molecule has 1 unspecified atom stereocenters. The van der Waals surface area contributed by atoms with Gasteiger partial charge < -0.3 is 10.2 Å². The fourth-order valence-electron chi connectivity index (χ4n) is 3.49. The number of anilines is 2. The normalized spacial score (nSPS) is 16.6. The summed E-state index contributed by atoms with van der Waals surface area (Å²) in [6.45, 7) is 2.04. The molecule has 1 saturated heterocycles. The highest BCUT2D eigenvalue weighted by molar-refractivity contribution is 6.30. The van der Waals surface area contributed by atoms with Crippen LogP contribution in [0.15, 0.2) is 59.7 Å². The lowest BCUT2D eigenvalue weighted by atomic mass is 10.1. The second-order valence-electron chi connectivity index (χ2n) is 7.12. The fourth-order valence-corrected chi connectivity index (χ4v) is 3.61. The zero-order valence-corrected chi connectivity index (χ0v) is 16.5. The van der Waals surface area contributed by atoms with Crippen molar-refractivity contribution in [2.45, 2.75) is 25.4 Å². The van der Waals surface area contributed by atoms with Gasteiger partial charge in [0, 0.05) is 29.8 Å². The van der Waals surface area contributed by atoms with Crippen LogP contribution in [0.5, 0.6) is 0 Å². The molecule has 0 amide bonds. The number of rotatable bonds is 5. The van der Waals surface area contributed by atoms with Crippen LogP contribution in [-0.2, 0) is 6.54 Å². The summed E-state index contributed by atoms with van der Waals surface area (Å²) >= 11 is 5.89. The first kappa shape index (κ1) is 19.4. The molecule has 6 nitrogen and oxygen atoms in total. The number of nitrogens with zero attached hydrogens (tertiary/aromatic N) is 4. The van der Waals surface area contributed by atoms with Crippen molar-refractivity contribution < 1.29 is 4.39 Å². The van der Waals surface area contributed by atoms with Crippen LogP contribution < -0.4 is 15.9 Å². The quantitative estimate of drug-likeness (QED) is 0.693. The number of hydrogen-bond donors (Lipinski definition) is 1. The van der Waals surface area contributed by atoms with Crippen molar-refractivity contribution in [3.63, 3.8) is 0 Å². The third-order valence-electron chi connectivity index (χ3n) is 4.98. The van der Waals surface area contributed by atoms with Gasteiger partial charge in [-0.3, -0.25) is 4.57 Å². The van der Waals surface area contributed by atoms with Crippen molar-refractivity contribution >= 4 is 23.2 Å². The van der Waals surface area contributed by atoms with Crippen LogP contribution in [0.25, 0.3) is 0 Å². The highest BCUT2D eigenvalue weighted by Gasteiger charge is 2.21. The SMILES string of the molecule is O=c1nc(NC2CCCN(c3ccc(F)cc3)C2)ncn1Cc1ccc(Cl)cc1. The Bertz CT molecular complexity index is 1020. The van der Waals surface area contributed by atoms with Crippen molar-refractivity contribution in [1.82, 2.24) is 14.5 Å². The van der Waals surface area contributed by atoms with Crippen LogP contribution in [0.4, 0.5) is 16.0 Å². The molecule has 1 aliphatic heterocycles. The number of aromatic nitrogens is 3. The summed E-state index contributed by atoms with van der Waals surface area (Å²) in [6.07, 6.45) is 3.45. The van der Waals surface area contributed by atoms with E-state index in [1.54, 1.807) is 24.3 Å². The van der Waals surface area contributed by atoms with E-state index in [9.17, 15) is 9.18 Å². The van der Waals surface area contributed by atoms with Gasteiger partial charge in [0.2, 0.25) is 5.95 Å². The Kier molecular flexibility index (Phi) is 5.76. The second kappa shape index (κ2) is 8.61. The highest BCUT2D eigenvalue weighted by Crippen LogP contribution is 2.21. The molecule has 1 fully saturated rings. The first-order valence-corrected chi connectivity index (χ1v) is 9.89. The van der Waals surface area contributed by atoms with Crippen molar-refractivity contribution in [2.75, 3.05) is 23.3 Å². The lowest BCUT2D eigenvalue weighted by Gasteiger charge is -2.34. The summed E-state index contributed by atoms with van der Waals surface area (Å²) in [7, 11) is 0. The number of halogens is 2. The molecule has 8 heteroatoms. The van der Waals surface area contributed by atoms with Crippen LogP contribution in [0.3, 0.4) is 0 Å². The maximum atomic E-state index is 13.2. The smallest absolute Gasteiger partial charge is 0.352 e. The summed E-state index contributed by atoms with van der Waals surface area (Å²) in [4.78, 5) is 23.0. The van der Waals surface area contributed by atoms with Crippen LogP contribution in [0.2, 0.25) is 5.02 Å². The number of hydrogen-bond acceptors (Lipinski definition) is 5. The maximum absolute atomic E-state index is 13.2. The first-order valence-electron chi connectivity index (χ1n) is 9.52. The molecule has 2 heterocycles. The molecule has 3 aromatic rings. The Morgan fingerprint density at radius 3 is 2.62 bits per heavy atom. The van der Waals surface area contributed by atoms with Crippen LogP contribution in [-0.4, -0.2) is 33.7 Å². The van der Waals surface area contributed by atoms with E-state index in [1.807, 2.05) is 12.1 Å². The van der Waals surface area contributed by atoms with E-state index in [0.29, 0.717) is 17.5 Å². The van der Waals surface area contributed by atoms with Gasteiger partial charge in [-0.15, -0.1) is 0 Å². The van der Waals surface area contributed by atoms with E-state index in [4.69, 9.17) is 11.6 Å². The third-order valence-corrected chi connectivity index (χ3v) is 5.23. The fraction of sp³-hybridized carbons (Fsp3) is 0.286. The molecule has 150 valence electrons. The van der Waals surface area contributed by atoms with Gasteiger partial charge in [-0.1, -0.05) is 23.7 Å². The van der Waals surface area contributed by atoms with Crippen molar-refractivity contribution in [3.05, 3.63) is 81.7 Å². The molecule has 1 aliphatic rings. The average molecular weight is 414 g/mol. The maximum Gasteiger partial charge on any atom is 0.352 e. The summed E-state index contributed by atoms with van der Waals surface area (Å²) in [5.74, 6) is 0.0845. The van der Waals surface area contributed by atoms with Gasteiger partial charge in [0.15, 0.2) is 0 Å². The van der Waals surface area contributed by atoms with Gasteiger partial charge in [0.25, 0.3) is 0 Å². The molecule has 0 bridgehead atoms. The summed E-state index contributed by atoms with van der Waals surface area (Å²) in [5, 5.41) is 3.91. The van der Waals surface area contributed by atoms with E-state index < -0.39 is 0 Å². The topological polar surface area (TPSA) is 63.1 Å². The minimum atomic E-state index is -0.358. The minimum absolute atomic E-state index is 0.111. The molecule has 0 aliphatic carbocycles. The Morgan fingerprint density at radius 2 is 1.90 bits per heavy atom. The summed E-state index contributed by atoms with van der Waals surface area (Å²) in [5.41, 5.74) is 1.57. The van der Waals surface area contributed by atoms with Crippen LogP contribution in [0.1, 0.15) is 18.4 Å². The van der Waals surface area contributed by atoms with E-state index in [-0.39, 0.29) is 17.5 Å². The number of piperidine rings is 1. The zero-order valence-electron chi connectivity index (χ0n) is 15.8. The van der Waals surface area contributed by atoms with E-state index in [0.717, 1.165) is 37.2 Å². The first-order chi connectivity index (χ1) is 14.1. The largest absolute Gasteiger partial charge is 0.369 e. The highest BCUT2D eigenvalue weighted by atomic mass is 35.5. The predicted molar refractivity (Wildman–Crippen MR) is 112 cm³/mol.